The summed E-state index contributed by atoms with van der Waals surface area (Å²) in [6.45, 7) is 4.15. The van der Waals surface area contributed by atoms with Crippen molar-refractivity contribution in [3.63, 3.8) is 0 Å². The van der Waals surface area contributed by atoms with Gasteiger partial charge in [-0.25, -0.2) is 0 Å². The van der Waals surface area contributed by atoms with Crippen molar-refractivity contribution in [3.05, 3.63) is 65.7 Å². The Hall–Kier alpha value is -2.27. The van der Waals surface area contributed by atoms with Crippen molar-refractivity contribution in [2.24, 2.45) is 15.9 Å². The van der Waals surface area contributed by atoms with Crippen LogP contribution in [0.2, 0.25) is 0 Å². The monoisotopic (exact) mass is 341 g/mol. The first-order valence-corrected chi connectivity index (χ1v) is 8.96. The van der Waals surface area contributed by atoms with Gasteiger partial charge in [0.2, 0.25) is 0 Å². The molecule has 1 atom stereocenters. The van der Waals surface area contributed by atoms with Crippen LogP contribution in [-0.4, -0.2) is 17.5 Å². The van der Waals surface area contributed by atoms with E-state index in [1.807, 2.05) is 42.5 Å². The predicted molar refractivity (Wildman–Crippen MR) is 104 cm³/mol. The molecule has 0 heterocycles. The van der Waals surface area contributed by atoms with Crippen molar-refractivity contribution < 1.29 is 4.74 Å². The molecule has 1 unspecified atom stereocenters. The Bertz CT molecular complexity index is 686. The lowest BCUT2D eigenvalue weighted by Crippen LogP contribution is -2.09. The Morgan fingerprint density at radius 3 is 2.75 bits per heavy atom. The van der Waals surface area contributed by atoms with Gasteiger partial charge >= 0.3 is 0 Å². The Morgan fingerprint density at radius 2 is 2.00 bits per heavy atom. The fourth-order valence-electron chi connectivity index (χ4n) is 1.90. The SMILES string of the molecule is CCC(C)Oc1cccc(C=NN=C(N)SCc2ccccc2)c1. The molecule has 0 spiro atoms. The highest BCUT2D eigenvalue weighted by Gasteiger charge is 2.01. The number of nitrogens with two attached hydrogens (primary N) is 1. The zero-order valence-electron chi connectivity index (χ0n) is 14.1. The molecule has 24 heavy (non-hydrogen) atoms. The minimum Gasteiger partial charge on any atom is -0.491 e. The van der Waals surface area contributed by atoms with E-state index in [2.05, 4.69) is 36.2 Å². The number of ether oxygens (including phenoxy) is 1. The lowest BCUT2D eigenvalue weighted by atomic mass is 10.2. The van der Waals surface area contributed by atoms with Gasteiger partial charge in [-0.3, -0.25) is 0 Å². The van der Waals surface area contributed by atoms with Crippen LogP contribution in [0.15, 0.2) is 64.8 Å². The van der Waals surface area contributed by atoms with Crippen LogP contribution in [0.3, 0.4) is 0 Å². The molecule has 0 aliphatic carbocycles. The molecule has 4 nitrogen and oxygen atoms in total. The number of thioether (sulfide) groups is 1. The average molecular weight is 341 g/mol. The van der Waals surface area contributed by atoms with Gasteiger partial charge in [0, 0.05) is 5.75 Å². The van der Waals surface area contributed by atoms with E-state index in [1.165, 1.54) is 17.3 Å². The van der Waals surface area contributed by atoms with Gasteiger partial charge in [0.05, 0.1) is 12.3 Å². The first-order chi connectivity index (χ1) is 11.7. The normalized spacial score (nSPS) is 13.2. The number of nitrogens with zero attached hydrogens (tertiary/aromatic N) is 2. The lowest BCUT2D eigenvalue weighted by molar-refractivity contribution is 0.217. The topological polar surface area (TPSA) is 60.0 Å². The minimum absolute atomic E-state index is 0.195. The molecular formula is C19H23N3OS. The standard InChI is InChI=1S/C19H23N3OS/c1-3-15(2)23-18-11-7-10-17(12-18)13-21-22-19(20)24-14-16-8-5-4-6-9-16/h4-13,15H,3,14H2,1-2H3,(H2,20,22). The van der Waals surface area contributed by atoms with Crippen LogP contribution in [0, 0.1) is 0 Å². The molecular weight excluding hydrogens is 318 g/mol. The molecule has 0 saturated carbocycles. The highest BCUT2D eigenvalue weighted by atomic mass is 32.2. The number of hydrogen-bond acceptors (Lipinski definition) is 4. The first kappa shape index (κ1) is 18.1. The smallest absolute Gasteiger partial charge is 0.180 e. The van der Waals surface area contributed by atoms with Gasteiger partial charge < -0.3 is 10.5 Å². The zero-order valence-corrected chi connectivity index (χ0v) is 14.9. The number of rotatable bonds is 7. The van der Waals surface area contributed by atoms with Crippen LogP contribution in [-0.2, 0) is 5.75 Å². The zero-order chi connectivity index (χ0) is 17.2. The third-order valence-corrected chi connectivity index (χ3v) is 4.22. The van der Waals surface area contributed by atoms with E-state index in [4.69, 9.17) is 10.5 Å². The highest BCUT2D eigenvalue weighted by Crippen LogP contribution is 2.15. The summed E-state index contributed by atoms with van der Waals surface area (Å²) in [5, 5.41) is 8.53. The summed E-state index contributed by atoms with van der Waals surface area (Å²) in [4.78, 5) is 0. The number of benzene rings is 2. The van der Waals surface area contributed by atoms with Gasteiger partial charge in [0.1, 0.15) is 5.75 Å². The second-order valence-corrected chi connectivity index (χ2v) is 6.36. The van der Waals surface area contributed by atoms with Gasteiger partial charge in [-0.2, -0.15) is 5.10 Å². The first-order valence-electron chi connectivity index (χ1n) is 7.97. The molecule has 0 aliphatic heterocycles. The summed E-state index contributed by atoms with van der Waals surface area (Å²) in [6, 6.07) is 17.9. The maximum absolute atomic E-state index is 5.87. The minimum atomic E-state index is 0.195. The lowest BCUT2D eigenvalue weighted by Gasteiger charge is -2.12. The molecule has 0 saturated heterocycles. The van der Waals surface area contributed by atoms with Crippen molar-refractivity contribution in [2.45, 2.75) is 32.1 Å². The fourth-order valence-corrected chi connectivity index (χ4v) is 2.51. The molecule has 2 rings (SSSR count). The molecule has 5 heteroatoms. The molecule has 0 radical (unpaired) electrons. The summed E-state index contributed by atoms with van der Waals surface area (Å²) >= 11 is 1.47. The van der Waals surface area contributed by atoms with Crippen molar-refractivity contribution in [1.82, 2.24) is 0 Å². The Labute approximate surface area is 147 Å². The molecule has 2 N–H and O–H groups in total. The van der Waals surface area contributed by atoms with E-state index in [1.54, 1.807) is 6.21 Å². The molecule has 2 aromatic rings. The van der Waals surface area contributed by atoms with Crippen molar-refractivity contribution >= 4 is 23.1 Å². The number of amidine groups is 1. The van der Waals surface area contributed by atoms with E-state index >= 15 is 0 Å². The highest BCUT2D eigenvalue weighted by molar-refractivity contribution is 8.13. The third-order valence-electron chi connectivity index (χ3n) is 3.36. The van der Waals surface area contributed by atoms with E-state index in [-0.39, 0.29) is 6.10 Å². The van der Waals surface area contributed by atoms with Gasteiger partial charge in [-0.15, -0.1) is 5.10 Å². The van der Waals surface area contributed by atoms with Crippen molar-refractivity contribution in [2.75, 3.05) is 0 Å². The average Bonchev–Trinajstić information content (AvgIpc) is 2.61. The van der Waals surface area contributed by atoms with E-state index < -0.39 is 0 Å². The summed E-state index contributed by atoms with van der Waals surface area (Å²) in [5.74, 6) is 1.62. The molecule has 0 bridgehead atoms. The summed E-state index contributed by atoms with van der Waals surface area (Å²) in [7, 11) is 0. The fraction of sp³-hybridized carbons (Fsp3) is 0.263. The van der Waals surface area contributed by atoms with Crippen LogP contribution in [0.5, 0.6) is 5.75 Å². The Balaban J connectivity index is 1.89. The summed E-state index contributed by atoms with van der Waals surface area (Å²) in [6.07, 6.45) is 2.84. The van der Waals surface area contributed by atoms with Gasteiger partial charge in [0.25, 0.3) is 0 Å². The predicted octanol–water partition coefficient (Wildman–Crippen LogP) is 4.45. The largest absolute Gasteiger partial charge is 0.491 e. The molecule has 2 aromatic carbocycles. The van der Waals surface area contributed by atoms with Crippen LogP contribution >= 0.6 is 11.8 Å². The molecule has 0 aliphatic rings. The number of hydrogen-bond donors (Lipinski definition) is 1. The van der Waals surface area contributed by atoms with Crippen LogP contribution < -0.4 is 10.5 Å². The van der Waals surface area contributed by atoms with E-state index in [9.17, 15) is 0 Å². The van der Waals surface area contributed by atoms with Gasteiger partial charge in [-0.05, 0) is 36.6 Å². The van der Waals surface area contributed by atoms with Crippen LogP contribution in [0.25, 0.3) is 0 Å². The maximum atomic E-state index is 5.87. The van der Waals surface area contributed by atoms with Gasteiger partial charge in [-0.1, -0.05) is 61.2 Å². The van der Waals surface area contributed by atoms with E-state index in [0.29, 0.717) is 5.17 Å². The molecule has 0 amide bonds. The quantitative estimate of drug-likeness (QED) is 0.460. The maximum Gasteiger partial charge on any atom is 0.180 e. The van der Waals surface area contributed by atoms with Crippen LogP contribution in [0.4, 0.5) is 0 Å². The van der Waals surface area contributed by atoms with E-state index in [0.717, 1.165) is 23.5 Å². The second kappa shape index (κ2) is 9.78. The van der Waals surface area contributed by atoms with Crippen LogP contribution in [0.1, 0.15) is 31.4 Å². The Kier molecular flexibility index (Phi) is 7.36. The van der Waals surface area contributed by atoms with Crippen molar-refractivity contribution in [3.8, 4) is 5.75 Å². The Morgan fingerprint density at radius 1 is 1.21 bits per heavy atom. The summed E-state index contributed by atoms with van der Waals surface area (Å²) in [5.41, 5.74) is 8.01. The molecule has 126 valence electrons. The molecule has 0 fully saturated rings. The second-order valence-electron chi connectivity index (χ2n) is 5.37. The third kappa shape index (κ3) is 6.46. The van der Waals surface area contributed by atoms with Gasteiger partial charge in [0.15, 0.2) is 5.17 Å². The van der Waals surface area contributed by atoms with Crippen molar-refractivity contribution in [1.29, 1.82) is 0 Å². The summed E-state index contributed by atoms with van der Waals surface area (Å²) < 4.78 is 5.79. The molecule has 0 aromatic heterocycles.